The average Bonchev–Trinajstić information content (AvgIpc) is 2.41. The van der Waals surface area contributed by atoms with Crippen molar-refractivity contribution in [2.45, 2.75) is 43.2 Å². The van der Waals surface area contributed by atoms with Gasteiger partial charge in [0, 0.05) is 11.7 Å². The Bertz CT molecular complexity index is 624. The van der Waals surface area contributed by atoms with Gasteiger partial charge in [0.25, 0.3) is 0 Å². The second kappa shape index (κ2) is 6.64. The van der Waals surface area contributed by atoms with Gasteiger partial charge in [-0.2, -0.15) is 0 Å². The molecule has 7 nitrogen and oxygen atoms in total. The number of amides is 2. The van der Waals surface area contributed by atoms with Gasteiger partial charge in [-0.3, -0.25) is 0 Å². The molecule has 22 heavy (non-hydrogen) atoms. The minimum atomic E-state index is -3.63. The van der Waals surface area contributed by atoms with Gasteiger partial charge in [0.2, 0.25) is 10.0 Å². The fraction of sp³-hybridized carbons (Fsp3) is 0.500. The summed E-state index contributed by atoms with van der Waals surface area (Å²) in [7, 11) is -3.63. The fourth-order valence-corrected chi connectivity index (χ4v) is 3.99. The molecule has 2 amide bonds. The molecule has 1 saturated carbocycles. The molecule has 0 bridgehead atoms. The average molecular weight is 327 g/mol. The molecule has 1 aliphatic rings. The molecule has 0 radical (unpaired) electrons. The molecule has 5 N–H and O–H groups in total. The zero-order valence-corrected chi connectivity index (χ0v) is 13.1. The third-order valence-electron chi connectivity index (χ3n) is 3.90. The predicted octanol–water partition coefficient (Wildman–Crippen LogP) is 1.01. The van der Waals surface area contributed by atoms with Crippen molar-refractivity contribution in [2.24, 2.45) is 11.7 Å². The van der Waals surface area contributed by atoms with Crippen molar-refractivity contribution in [3.05, 3.63) is 24.3 Å². The first-order chi connectivity index (χ1) is 10.3. The van der Waals surface area contributed by atoms with Crippen LogP contribution in [0.15, 0.2) is 29.2 Å². The number of hydrogen-bond donors (Lipinski definition) is 4. The van der Waals surface area contributed by atoms with Crippen molar-refractivity contribution in [3.8, 4) is 0 Å². The summed E-state index contributed by atoms with van der Waals surface area (Å²) < 4.78 is 27.4. The van der Waals surface area contributed by atoms with Crippen molar-refractivity contribution in [1.29, 1.82) is 0 Å². The van der Waals surface area contributed by atoms with Gasteiger partial charge < -0.3 is 16.2 Å². The van der Waals surface area contributed by atoms with Crippen LogP contribution in [-0.4, -0.2) is 31.7 Å². The van der Waals surface area contributed by atoms with Crippen LogP contribution in [0, 0.1) is 5.92 Å². The lowest BCUT2D eigenvalue weighted by Crippen LogP contribution is -2.46. The van der Waals surface area contributed by atoms with E-state index in [0.29, 0.717) is 24.9 Å². The lowest BCUT2D eigenvalue weighted by atomic mass is 9.77. The van der Waals surface area contributed by atoms with E-state index in [0.717, 1.165) is 0 Å². The minimum absolute atomic E-state index is 0.126. The Morgan fingerprint density at radius 1 is 1.36 bits per heavy atom. The minimum Gasteiger partial charge on any atom is -0.393 e. The van der Waals surface area contributed by atoms with E-state index in [-0.39, 0.29) is 23.0 Å². The number of primary amides is 1. The van der Waals surface area contributed by atoms with E-state index >= 15 is 0 Å². The van der Waals surface area contributed by atoms with Gasteiger partial charge >= 0.3 is 6.03 Å². The molecule has 1 aliphatic carbocycles. The highest BCUT2D eigenvalue weighted by Gasteiger charge is 2.35. The molecule has 8 heteroatoms. The maximum atomic E-state index is 12.4. The number of rotatable bonds is 6. The van der Waals surface area contributed by atoms with Gasteiger partial charge in [-0.15, -0.1) is 0 Å². The normalized spacial score (nSPS) is 22.6. The molecule has 0 aliphatic heterocycles. The van der Waals surface area contributed by atoms with E-state index in [9.17, 15) is 18.3 Å². The predicted molar refractivity (Wildman–Crippen MR) is 82.8 cm³/mol. The number of aliphatic hydroxyl groups is 1. The number of nitrogens with one attached hydrogen (secondary N) is 2. The Kier molecular flexibility index (Phi) is 5.05. The van der Waals surface area contributed by atoms with Crippen LogP contribution in [0.25, 0.3) is 0 Å². The topological polar surface area (TPSA) is 122 Å². The second-order valence-corrected chi connectivity index (χ2v) is 7.25. The first-order valence-corrected chi connectivity index (χ1v) is 8.67. The number of benzene rings is 1. The highest BCUT2D eigenvalue weighted by molar-refractivity contribution is 7.89. The molecule has 0 aromatic heterocycles. The largest absolute Gasteiger partial charge is 0.393 e. The third kappa shape index (κ3) is 3.96. The maximum Gasteiger partial charge on any atom is 0.316 e. The van der Waals surface area contributed by atoms with Crippen molar-refractivity contribution in [3.63, 3.8) is 0 Å². The fourth-order valence-electron chi connectivity index (χ4n) is 2.60. The number of sulfonamides is 1. The molecular weight excluding hydrogens is 306 g/mol. The molecule has 0 spiro atoms. The maximum absolute atomic E-state index is 12.4. The Morgan fingerprint density at radius 3 is 2.41 bits per heavy atom. The summed E-state index contributed by atoms with van der Waals surface area (Å²) in [6.45, 7) is 1.91. The van der Waals surface area contributed by atoms with Crippen LogP contribution in [0.1, 0.15) is 26.2 Å². The number of carbonyl (C=O) groups excluding carboxylic acids is 1. The molecule has 1 fully saturated rings. The zero-order valence-electron chi connectivity index (χ0n) is 12.3. The van der Waals surface area contributed by atoms with E-state index in [1.165, 1.54) is 24.3 Å². The SMILES string of the molecule is CC[C@@H](NS(=O)(=O)c1ccc(NC(N)=O)cc1)C1CC(O)C1. The highest BCUT2D eigenvalue weighted by atomic mass is 32.2. The molecule has 1 aromatic rings. The standard InChI is InChI=1S/C14H21N3O4S/c1-2-13(9-7-11(18)8-9)17-22(20,21)12-5-3-10(4-6-12)16-14(15)19/h3-6,9,11,13,17-18H,2,7-8H2,1H3,(H3,15,16,19)/t9?,11?,13-/m1/s1. The van der Waals surface area contributed by atoms with Crippen LogP contribution in [0.4, 0.5) is 10.5 Å². The van der Waals surface area contributed by atoms with Gasteiger partial charge in [-0.05, 0) is 49.4 Å². The number of urea groups is 1. The molecule has 0 unspecified atom stereocenters. The zero-order chi connectivity index (χ0) is 16.3. The van der Waals surface area contributed by atoms with Crippen LogP contribution in [0.3, 0.4) is 0 Å². The summed E-state index contributed by atoms with van der Waals surface area (Å²) in [5.74, 6) is 0.172. The highest BCUT2D eigenvalue weighted by Crippen LogP contribution is 2.32. The molecule has 0 saturated heterocycles. The summed E-state index contributed by atoms with van der Waals surface area (Å²) in [4.78, 5) is 10.9. The smallest absolute Gasteiger partial charge is 0.316 e. The van der Waals surface area contributed by atoms with E-state index in [1.54, 1.807) is 0 Å². The summed E-state index contributed by atoms with van der Waals surface area (Å²) in [5.41, 5.74) is 5.43. The van der Waals surface area contributed by atoms with Gasteiger partial charge in [0.15, 0.2) is 0 Å². The molecular formula is C14H21N3O4S. The van der Waals surface area contributed by atoms with Gasteiger partial charge in [-0.25, -0.2) is 17.9 Å². The van der Waals surface area contributed by atoms with Gasteiger partial charge in [-0.1, -0.05) is 6.92 Å². The summed E-state index contributed by atoms with van der Waals surface area (Å²) in [5, 5.41) is 11.7. The molecule has 2 rings (SSSR count). The van der Waals surface area contributed by atoms with E-state index < -0.39 is 16.1 Å². The monoisotopic (exact) mass is 327 g/mol. The Balaban J connectivity index is 2.07. The first-order valence-electron chi connectivity index (χ1n) is 7.18. The van der Waals surface area contributed by atoms with E-state index in [4.69, 9.17) is 5.73 Å². The lowest BCUT2D eigenvalue weighted by Gasteiger charge is -2.37. The number of anilines is 1. The first kappa shape index (κ1) is 16.7. The van der Waals surface area contributed by atoms with E-state index in [1.807, 2.05) is 6.92 Å². The van der Waals surface area contributed by atoms with Crippen LogP contribution < -0.4 is 15.8 Å². The molecule has 1 aromatic carbocycles. The van der Waals surface area contributed by atoms with Crippen LogP contribution in [0.5, 0.6) is 0 Å². The van der Waals surface area contributed by atoms with Crippen molar-refractivity contribution in [1.82, 2.24) is 4.72 Å². The summed E-state index contributed by atoms with van der Waals surface area (Å²) >= 11 is 0. The number of nitrogens with two attached hydrogens (primary N) is 1. The number of carbonyl (C=O) groups is 1. The molecule has 122 valence electrons. The lowest BCUT2D eigenvalue weighted by molar-refractivity contribution is 0.0277. The van der Waals surface area contributed by atoms with Gasteiger partial charge in [0.05, 0.1) is 11.0 Å². The number of aliphatic hydroxyl groups excluding tert-OH is 1. The summed E-state index contributed by atoms with van der Waals surface area (Å²) in [6.07, 6.45) is 1.60. The van der Waals surface area contributed by atoms with Crippen LogP contribution in [0.2, 0.25) is 0 Å². The quantitative estimate of drug-likeness (QED) is 0.623. The van der Waals surface area contributed by atoms with Crippen LogP contribution >= 0.6 is 0 Å². The molecule has 0 heterocycles. The molecule has 1 atom stereocenters. The van der Waals surface area contributed by atoms with Crippen molar-refractivity contribution in [2.75, 3.05) is 5.32 Å². The van der Waals surface area contributed by atoms with E-state index in [2.05, 4.69) is 10.0 Å². The summed E-state index contributed by atoms with van der Waals surface area (Å²) in [6, 6.07) is 4.90. The van der Waals surface area contributed by atoms with Crippen molar-refractivity contribution < 1.29 is 18.3 Å². The Labute approximate surface area is 130 Å². The van der Waals surface area contributed by atoms with Gasteiger partial charge in [0.1, 0.15) is 0 Å². The Hall–Kier alpha value is -1.64. The second-order valence-electron chi connectivity index (χ2n) is 5.53. The van der Waals surface area contributed by atoms with Crippen LogP contribution in [-0.2, 0) is 10.0 Å². The Morgan fingerprint density at radius 2 is 1.95 bits per heavy atom. The third-order valence-corrected chi connectivity index (χ3v) is 5.40. The number of hydrogen-bond acceptors (Lipinski definition) is 4. The van der Waals surface area contributed by atoms with Crippen molar-refractivity contribution >= 4 is 21.7 Å².